The van der Waals surface area contributed by atoms with Gasteiger partial charge in [-0.15, -0.1) is 11.9 Å². The van der Waals surface area contributed by atoms with Crippen molar-refractivity contribution in [3.05, 3.63) is 40.0 Å². The van der Waals surface area contributed by atoms with E-state index in [4.69, 9.17) is 4.74 Å². The first-order valence-electron chi connectivity index (χ1n) is 9.79. The summed E-state index contributed by atoms with van der Waals surface area (Å²) in [5, 5.41) is 3.06. The summed E-state index contributed by atoms with van der Waals surface area (Å²) in [5.41, 5.74) is 1.24. The molecule has 2 heterocycles. The van der Waals surface area contributed by atoms with Gasteiger partial charge in [-0.25, -0.2) is 13.2 Å². The van der Waals surface area contributed by atoms with Crippen LogP contribution in [0.4, 0.5) is 30.6 Å². The number of carbonyl (C=O) groups is 1. The van der Waals surface area contributed by atoms with Gasteiger partial charge in [-0.1, -0.05) is 0 Å². The van der Waals surface area contributed by atoms with E-state index in [-0.39, 0.29) is 93.7 Å². The van der Waals surface area contributed by atoms with Crippen LogP contribution < -0.4 is 73.1 Å². The molecule has 7 nitrogen and oxygen atoms in total. The molecule has 1 saturated carbocycles. The van der Waals surface area contributed by atoms with Crippen LogP contribution in [-0.2, 0) is 4.79 Å². The number of likely N-dealkylation sites (N-methyl/N-ethyl adjacent to an activating group) is 1. The van der Waals surface area contributed by atoms with Gasteiger partial charge in [-0.2, -0.15) is 0 Å². The number of ether oxygens (including phenoxy) is 1. The Morgan fingerprint density at radius 3 is 2.62 bits per heavy atom. The number of aromatic nitrogens is 2. The molecular weight excluding hydrogens is 517 g/mol. The van der Waals surface area contributed by atoms with E-state index in [0.717, 1.165) is 18.9 Å². The van der Waals surface area contributed by atoms with E-state index in [2.05, 4.69) is 20.0 Å². The minimum atomic E-state index is -1.24. The smallest absolute Gasteiger partial charge is 0.490 e. The second-order valence-electron chi connectivity index (χ2n) is 7.75. The third kappa shape index (κ3) is 5.43. The molecule has 2 aromatic rings. The molecule has 2 aliphatic rings. The third-order valence-corrected chi connectivity index (χ3v) is 6.48. The molecule has 1 aliphatic heterocycles. The number of halogens is 3. The van der Waals surface area contributed by atoms with Gasteiger partial charge in [0.2, 0.25) is 5.91 Å². The van der Waals surface area contributed by atoms with Crippen LogP contribution in [0.25, 0.3) is 4.72 Å². The maximum atomic E-state index is 13.6. The Morgan fingerprint density at radius 1 is 1.22 bits per heavy atom. The summed E-state index contributed by atoms with van der Waals surface area (Å²) in [7, 11) is 1.80. The van der Waals surface area contributed by atoms with Gasteiger partial charge in [-0.3, -0.25) is 4.79 Å². The average molecular weight is 538 g/mol. The van der Waals surface area contributed by atoms with Gasteiger partial charge >= 0.3 is 58.2 Å². The molecule has 0 spiro atoms. The van der Waals surface area contributed by atoms with Gasteiger partial charge < -0.3 is 29.6 Å². The topological polar surface area (TPSA) is 81.5 Å². The molecule has 1 amide bonds. The first kappa shape index (κ1) is 25.7. The number of hydrogen-bond donors (Lipinski definition) is 1. The molecule has 32 heavy (non-hydrogen) atoms. The van der Waals surface area contributed by atoms with Gasteiger partial charge in [0.1, 0.15) is 6.04 Å². The van der Waals surface area contributed by atoms with E-state index < -0.39 is 17.5 Å². The number of amides is 1. The molecule has 0 radical (unpaired) electrons. The van der Waals surface area contributed by atoms with Crippen molar-refractivity contribution in [3.63, 3.8) is 0 Å². The SMILES string of the molecule is Cc1nc([N-]SC2CC(COc3cc(F)c(F)cc3F)C2)nc2c1NC(=O)[C@@H](C)N2C.[Rb+]. The minimum absolute atomic E-state index is 0. The van der Waals surface area contributed by atoms with Crippen LogP contribution in [0.5, 0.6) is 5.75 Å². The Kier molecular flexibility index (Phi) is 8.51. The Hall–Kier alpha value is -0.885. The molecule has 1 aromatic carbocycles. The van der Waals surface area contributed by atoms with Crippen molar-refractivity contribution in [2.75, 3.05) is 23.9 Å². The van der Waals surface area contributed by atoms with E-state index in [0.29, 0.717) is 29.2 Å². The van der Waals surface area contributed by atoms with Crippen molar-refractivity contribution < 1.29 is 80.9 Å². The van der Waals surface area contributed by atoms with Crippen LogP contribution in [0.3, 0.4) is 0 Å². The van der Waals surface area contributed by atoms with Gasteiger partial charge in [0.25, 0.3) is 0 Å². The quantitative estimate of drug-likeness (QED) is 0.444. The zero-order valence-corrected chi connectivity index (χ0v) is 23.9. The summed E-state index contributed by atoms with van der Waals surface area (Å²) in [5.74, 6) is -2.56. The molecule has 12 heteroatoms. The molecular formula is C20H21F3N5O2RbS. The molecule has 1 aliphatic carbocycles. The fourth-order valence-electron chi connectivity index (χ4n) is 3.41. The van der Waals surface area contributed by atoms with E-state index in [1.807, 2.05) is 0 Å². The summed E-state index contributed by atoms with van der Waals surface area (Å²) in [4.78, 5) is 22.6. The summed E-state index contributed by atoms with van der Waals surface area (Å²) in [6.45, 7) is 3.81. The summed E-state index contributed by atoms with van der Waals surface area (Å²) in [6.07, 6.45) is 1.58. The van der Waals surface area contributed by atoms with Crippen LogP contribution in [0, 0.1) is 30.3 Å². The Bertz CT molecular complexity index is 1030. The van der Waals surface area contributed by atoms with E-state index >= 15 is 0 Å². The Labute approximate surface area is 237 Å². The van der Waals surface area contributed by atoms with E-state index in [9.17, 15) is 18.0 Å². The van der Waals surface area contributed by atoms with Gasteiger partial charge in [-0.05, 0) is 38.3 Å². The standard InChI is InChI=1S/C20H22F3N5O2S.Rb/c1-9-17-18(28(3)10(2)19(29)25-17)26-20(24-9)27-31-12-4-11(5-12)8-30-16-7-14(22)13(21)6-15(16)23;/h6-7,10-12H,4-5,8H2,1-3H3,(H2,24,25,26,27,29);/q;+1/p-1/t10-,11?,12?;/m1./s1. The second kappa shape index (κ2) is 10.6. The molecule has 166 valence electrons. The number of hydrogen-bond acceptors (Lipinski definition) is 6. The van der Waals surface area contributed by atoms with E-state index in [1.165, 1.54) is 11.9 Å². The first-order valence-corrected chi connectivity index (χ1v) is 10.6. The number of aryl methyl sites for hydroxylation is 1. The maximum absolute atomic E-state index is 13.6. The largest absolute Gasteiger partial charge is 1.00 e. The Balaban J connectivity index is 0.00000289. The van der Waals surface area contributed by atoms with Crippen LogP contribution in [-0.4, -0.2) is 40.8 Å². The predicted molar refractivity (Wildman–Crippen MR) is 112 cm³/mol. The number of carbonyl (C=O) groups excluding carboxylic acids is 1. The van der Waals surface area contributed by atoms with Crippen LogP contribution in [0.1, 0.15) is 25.5 Å². The fraction of sp³-hybridized carbons (Fsp3) is 0.450. The van der Waals surface area contributed by atoms with Crippen molar-refractivity contribution >= 4 is 35.3 Å². The van der Waals surface area contributed by atoms with Gasteiger partial charge in [0, 0.05) is 30.4 Å². The zero-order chi connectivity index (χ0) is 22.3. The summed E-state index contributed by atoms with van der Waals surface area (Å²) >= 11 is 1.37. The van der Waals surface area contributed by atoms with Crippen molar-refractivity contribution in [2.24, 2.45) is 5.92 Å². The molecule has 4 rings (SSSR count). The van der Waals surface area contributed by atoms with Gasteiger partial charge in [0.15, 0.2) is 23.2 Å². The molecule has 1 aromatic heterocycles. The molecule has 1 atom stereocenters. The minimum Gasteiger partial charge on any atom is -0.490 e. The molecule has 1 N–H and O–H groups in total. The number of anilines is 2. The molecule has 0 saturated heterocycles. The van der Waals surface area contributed by atoms with Crippen molar-refractivity contribution in [1.29, 1.82) is 0 Å². The summed E-state index contributed by atoms with van der Waals surface area (Å²) < 4.78 is 49.6. The molecule has 1 fully saturated rings. The van der Waals surface area contributed by atoms with Crippen molar-refractivity contribution in [1.82, 2.24) is 9.97 Å². The van der Waals surface area contributed by atoms with Crippen LogP contribution in [0.2, 0.25) is 0 Å². The van der Waals surface area contributed by atoms with Crippen molar-refractivity contribution in [3.8, 4) is 5.75 Å². The average Bonchev–Trinajstić information content (AvgIpc) is 2.69. The molecule has 0 bridgehead atoms. The van der Waals surface area contributed by atoms with Crippen molar-refractivity contribution in [2.45, 2.75) is 38.0 Å². The maximum Gasteiger partial charge on any atom is 1.00 e. The number of rotatable bonds is 6. The number of nitrogens with zero attached hydrogens (tertiary/aromatic N) is 4. The number of nitrogens with one attached hydrogen (secondary N) is 1. The number of fused-ring (bicyclic) bond motifs is 1. The predicted octanol–water partition coefficient (Wildman–Crippen LogP) is 1.49. The number of benzene rings is 1. The second-order valence-corrected chi connectivity index (χ2v) is 8.81. The van der Waals surface area contributed by atoms with E-state index in [1.54, 1.807) is 25.8 Å². The van der Waals surface area contributed by atoms with Crippen LogP contribution >= 0.6 is 11.9 Å². The zero-order valence-electron chi connectivity index (χ0n) is 18.2. The monoisotopic (exact) mass is 537 g/mol. The fourth-order valence-corrected chi connectivity index (χ4v) is 4.46. The normalized spacial score (nSPS) is 21.8. The summed E-state index contributed by atoms with van der Waals surface area (Å²) in [6, 6.07) is 0.864. The van der Waals surface area contributed by atoms with Crippen LogP contribution in [0.15, 0.2) is 12.1 Å². The third-order valence-electron chi connectivity index (χ3n) is 5.53. The Morgan fingerprint density at radius 2 is 1.91 bits per heavy atom. The molecule has 0 unspecified atom stereocenters. The van der Waals surface area contributed by atoms with Gasteiger partial charge in [0.05, 0.1) is 18.1 Å². The first-order chi connectivity index (χ1) is 14.7.